The number of H-pyrrole nitrogens is 1. The highest BCUT2D eigenvalue weighted by Crippen LogP contribution is 2.17. The molecule has 0 bridgehead atoms. The Morgan fingerprint density at radius 1 is 1.42 bits per heavy atom. The number of aromatic amines is 1. The minimum atomic E-state index is -0.534. The number of nitrogens with one attached hydrogen (secondary N) is 2. The summed E-state index contributed by atoms with van der Waals surface area (Å²) >= 11 is 6.09. The Bertz CT molecular complexity index is 1140. The van der Waals surface area contributed by atoms with E-state index in [1.54, 1.807) is 16.8 Å². The first-order valence-electron chi connectivity index (χ1n) is 7.76. The fraction of sp³-hybridized carbons (Fsp3) is 0.176. The molecule has 0 unspecified atom stereocenters. The van der Waals surface area contributed by atoms with Gasteiger partial charge in [0.25, 0.3) is 5.56 Å². The van der Waals surface area contributed by atoms with E-state index in [9.17, 15) is 9.59 Å². The van der Waals surface area contributed by atoms with Gasteiger partial charge in [-0.25, -0.2) is 10.2 Å². The summed E-state index contributed by atoms with van der Waals surface area (Å²) in [4.78, 5) is 30.7. The third kappa shape index (κ3) is 3.31. The molecular weight excluding hydrogens is 356 g/mol. The van der Waals surface area contributed by atoms with E-state index in [0.29, 0.717) is 17.5 Å². The van der Waals surface area contributed by atoms with E-state index in [4.69, 9.17) is 11.6 Å². The van der Waals surface area contributed by atoms with E-state index < -0.39 is 11.2 Å². The van der Waals surface area contributed by atoms with E-state index in [1.807, 2.05) is 25.1 Å². The Kier molecular flexibility index (Phi) is 4.77. The summed E-state index contributed by atoms with van der Waals surface area (Å²) in [5, 5.41) is 4.71. The molecule has 2 heterocycles. The van der Waals surface area contributed by atoms with Gasteiger partial charge in [-0.15, -0.1) is 0 Å². The quantitative estimate of drug-likeness (QED) is 0.407. The molecule has 0 aliphatic rings. The number of aryl methyl sites for hydroxylation is 1. The van der Waals surface area contributed by atoms with Crippen molar-refractivity contribution in [1.82, 2.24) is 19.1 Å². The molecule has 8 nitrogen and oxygen atoms in total. The number of nitrogens with zero attached hydrogens (tertiary/aromatic N) is 4. The molecule has 0 radical (unpaired) electrons. The Hall–Kier alpha value is -3.13. The van der Waals surface area contributed by atoms with E-state index in [1.165, 1.54) is 11.6 Å². The summed E-state index contributed by atoms with van der Waals surface area (Å²) in [6.45, 7) is 6.06. The van der Waals surface area contributed by atoms with Crippen molar-refractivity contribution in [2.45, 2.75) is 13.5 Å². The minimum Gasteiger partial charge on any atom is -0.299 e. The highest BCUT2D eigenvalue weighted by atomic mass is 35.5. The highest BCUT2D eigenvalue weighted by Gasteiger charge is 2.17. The summed E-state index contributed by atoms with van der Waals surface area (Å²) in [6.07, 6.45) is 1.55. The first kappa shape index (κ1) is 17.7. The standard InChI is InChI=1S/C17H17ClN6O2/c1-10(2)9-24-13-14(23(3)17(26)21-15(13)25)20-16(24)22-19-8-11-6-4-5-7-12(11)18/h4-8H,1,9H2,2-3H3,(H,20,22)(H,21,25,26)/b19-8-. The highest BCUT2D eigenvalue weighted by molar-refractivity contribution is 6.33. The molecular formula is C17H17ClN6O2. The predicted molar refractivity (Wildman–Crippen MR) is 103 cm³/mol. The van der Waals surface area contributed by atoms with Crippen LogP contribution in [0.5, 0.6) is 0 Å². The first-order chi connectivity index (χ1) is 12.4. The van der Waals surface area contributed by atoms with Gasteiger partial charge in [0.1, 0.15) is 0 Å². The lowest BCUT2D eigenvalue weighted by atomic mass is 10.2. The zero-order valence-electron chi connectivity index (χ0n) is 14.3. The van der Waals surface area contributed by atoms with Crippen LogP contribution in [0, 0.1) is 0 Å². The smallest absolute Gasteiger partial charge is 0.299 e. The Morgan fingerprint density at radius 2 is 2.15 bits per heavy atom. The van der Waals surface area contributed by atoms with Crippen LogP contribution in [0.4, 0.5) is 5.95 Å². The van der Waals surface area contributed by atoms with Crippen LogP contribution in [0.2, 0.25) is 5.02 Å². The van der Waals surface area contributed by atoms with Gasteiger partial charge < -0.3 is 0 Å². The van der Waals surface area contributed by atoms with Gasteiger partial charge in [-0.05, 0) is 13.0 Å². The van der Waals surface area contributed by atoms with Gasteiger partial charge in [-0.1, -0.05) is 42.0 Å². The summed E-state index contributed by atoms with van der Waals surface area (Å²) in [5.74, 6) is 0.318. The van der Waals surface area contributed by atoms with Gasteiger partial charge in [0.2, 0.25) is 5.95 Å². The third-order valence-corrected chi connectivity index (χ3v) is 4.05. The number of rotatable bonds is 5. The molecule has 2 N–H and O–H groups in total. The van der Waals surface area contributed by atoms with Crippen LogP contribution in [-0.4, -0.2) is 25.3 Å². The molecule has 1 aromatic carbocycles. The maximum Gasteiger partial charge on any atom is 0.329 e. The second kappa shape index (κ2) is 7.01. The number of hydrazone groups is 1. The van der Waals surface area contributed by atoms with Crippen LogP contribution >= 0.6 is 11.6 Å². The number of allylic oxidation sites excluding steroid dienone is 1. The van der Waals surface area contributed by atoms with Gasteiger partial charge in [0.05, 0.1) is 6.21 Å². The number of fused-ring (bicyclic) bond motifs is 1. The van der Waals surface area contributed by atoms with Crippen LogP contribution in [0.1, 0.15) is 12.5 Å². The average molecular weight is 373 g/mol. The lowest BCUT2D eigenvalue weighted by Gasteiger charge is -2.07. The molecule has 0 saturated heterocycles. The zero-order chi connectivity index (χ0) is 18.8. The molecule has 3 aromatic rings. The number of anilines is 1. The molecule has 26 heavy (non-hydrogen) atoms. The number of halogens is 1. The minimum absolute atomic E-state index is 0.260. The maximum atomic E-state index is 12.3. The predicted octanol–water partition coefficient (Wildman–Crippen LogP) is 2.10. The maximum absolute atomic E-state index is 12.3. The molecule has 0 amide bonds. The fourth-order valence-electron chi connectivity index (χ4n) is 2.48. The van der Waals surface area contributed by atoms with E-state index in [-0.39, 0.29) is 11.2 Å². The number of aromatic nitrogens is 4. The SMILES string of the molecule is C=C(C)Cn1c(N/N=C\c2ccccc2Cl)nc2c1c(=O)[nH]c(=O)n2C. The van der Waals surface area contributed by atoms with Gasteiger partial charge in [-0.2, -0.15) is 10.1 Å². The molecule has 0 spiro atoms. The molecule has 0 fully saturated rings. The third-order valence-electron chi connectivity index (χ3n) is 3.71. The number of imidazole rings is 1. The Labute approximate surface area is 153 Å². The van der Waals surface area contributed by atoms with Gasteiger partial charge in [0, 0.05) is 24.2 Å². The van der Waals surface area contributed by atoms with Crippen molar-refractivity contribution in [3.05, 3.63) is 67.8 Å². The summed E-state index contributed by atoms with van der Waals surface area (Å²) < 4.78 is 2.90. The number of hydrogen-bond acceptors (Lipinski definition) is 5. The second-order valence-electron chi connectivity index (χ2n) is 5.86. The summed E-state index contributed by atoms with van der Waals surface area (Å²) in [6, 6.07) is 7.25. The van der Waals surface area contributed by atoms with E-state index in [2.05, 4.69) is 27.1 Å². The van der Waals surface area contributed by atoms with Crippen molar-refractivity contribution in [1.29, 1.82) is 0 Å². The molecule has 0 atom stereocenters. The van der Waals surface area contributed by atoms with Crippen LogP contribution in [0.3, 0.4) is 0 Å². The first-order valence-corrected chi connectivity index (χ1v) is 8.14. The van der Waals surface area contributed by atoms with Crippen molar-refractivity contribution in [2.24, 2.45) is 12.1 Å². The van der Waals surface area contributed by atoms with Crippen LogP contribution in [0.15, 0.2) is 51.1 Å². The van der Waals surface area contributed by atoms with Crippen molar-refractivity contribution in [3.63, 3.8) is 0 Å². The lowest BCUT2D eigenvalue weighted by molar-refractivity contribution is 0.800. The van der Waals surface area contributed by atoms with Crippen LogP contribution in [0.25, 0.3) is 11.2 Å². The fourth-order valence-corrected chi connectivity index (χ4v) is 2.67. The zero-order valence-corrected chi connectivity index (χ0v) is 15.0. The normalized spacial score (nSPS) is 11.3. The molecule has 0 aliphatic carbocycles. The molecule has 9 heteroatoms. The van der Waals surface area contributed by atoms with Crippen molar-refractivity contribution in [3.8, 4) is 0 Å². The number of hydrogen-bond donors (Lipinski definition) is 2. The van der Waals surface area contributed by atoms with Gasteiger partial charge in [0.15, 0.2) is 11.2 Å². The van der Waals surface area contributed by atoms with Crippen LogP contribution in [-0.2, 0) is 13.6 Å². The molecule has 0 saturated carbocycles. The Morgan fingerprint density at radius 3 is 2.85 bits per heavy atom. The van der Waals surface area contributed by atoms with E-state index in [0.717, 1.165) is 11.1 Å². The monoisotopic (exact) mass is 372 g/mol. The lowest BCUT2D eigenvalue weighted by Crippen LogP contribution is -2.29. The molecule has 0 aliphatic heterocycles. The summed E-state index contributed by atoms with van der Waals surface area (Å²) in [5.41, 5.74) is 3.84. The topological polar surface area (TPSA) is 97.1 Å². The largest absolute Gasteiger partial charge is 0.329 e. The van der Waals surface area contributed by atoms with E-state index >= 15 is 0 Å². The second-order valence-corrected chi connectivity index (χ2v) is 6.27. The molecule has 134 valence electrons. The molecule has 2 aromatic heterocycles. The number of benzene rings is 1. The average Bonchev–Trinajstić information content (AvgIpc) is 2.93. The summed E-state index contributed by atoms with van der Waals surface area (Å²) in [7, 11) is 1.54. The molecule has 3 rings (SSSR count). The van der Waals surface area contributed by atoms with Gasteiger partial charge in [-0.3, -0.25) is 18.9 Å². The van der Waals surface area contributed by atoms with Crippen molar-refractivity contribution >= 4 is 34.9 Å². The van der Waals surface area contributed by atoms with Crippen molar-refractivity contribution < 1.29 is 0 Å². The van der Waals surface area contributed by atoms with Crippen molar-refractivity contribution in [2.75, 3.05) is 5.43 Å². The van der Waals surface area contributed by atoms with Gasteiger partial charge >= 0.3 is 5.69 Å². The Balaban J connectivity index is 2.07. The van der Waals surface area contributed by atoms with Crippen LogP contribution < -0.4 is 16.7 Å².